The molecule has 0 saturated heterocycles. The van der Waals surface area contributed by atoms with Gasteiger partial charge in [0.2, 0.25) is 0 Å². The third-order valence-electron chi connectivity index (χ3n) is 2.96. The molecule has 1 rings (SSSR count). The molecule has 138 valence electrons. The Balaban J connectivity index is 2.84. The number of nitrogens with one attached hydrogen (secondary N) is 1. The standard InChI is InChI=1S/C16H22F2N4O3/c1-9(8-20-15(23)25-16(3,4)5)24-14-12(10(2)21-22-19)6-11(17)7-13(14)18/h6-7,9-10H,8H2,1-5H3,(H,20,23)/t9-,10+/m0/s1. The molecule has 25 heavy (non-hydrogen) atoms. The molecule has 0 spiro atoms. The Labute approximate surface area is 144 Å². The van der Waals surface area contributed by atoms with Gasteiger partial charge in [-0.05, 0) is 39.3 Å². The van der Waals surface area contributed by atoms with Crippen LogP contribution in [0.4, 0.5) is 13.6 Å². The number of carbonyl (C=O) groups is 1. The molecule has 1 amide bonds. The Morgan fingerprint density at radius 2 is 2.00 bits per heavy atom. The Bertz CT molecular complexity index is 670. The van der Waals surface area contributed by atoms with Crippen molar-refractivity contribution in [3.05, 3.63) is 39.8 Å². The van der Waals surface area contributed by atoms with E-state index in [4.69, 9.17) is 15.0 Å². The second-order valence-corrected chi connectivity index (χ2v) is 6.50. The van der Waals surface area contributed by atoms with Crippen LogP contribution in [-0.4, -0.2) is 24.3 Å². The van der Waals surface area contributed by atoms with Crippen LogP contribution in [0.1, 0.15) is 46.2 Å². The van der Waals surface area contributed by atoms with Gasteiger partial charge in [0.25, 0.3) is 0 Å². The number of hydrogen-bond donors (Lipinski definition) is 1. The van der Waals surface area contributed by atoms with Gasteiger partial charge in [-0.15, -0.1) is 0 Å². The lowest BCUT2D eigenvalue weighted by Crippen LogP contribution is -2.37. The highest BCUT2D eigenvalue weighted by molar-refractivity contribution is 5.67. The summed E-state index contributed by atoms with van der Waals surface area (Å²) in [5.41, 5.74) is 7.96. The number of rotatable bonds is 6. The second-order valence-electron chi connectivity index (χ2n) is 6.50. The minimum Gasteiger partial charge on any atom is -0.486 e. The number of benzene rings is 1. The van der Waals surface area contributed by atoms with Crippen LogP contribution in [0.2, 0.25) is 0 Å². The highest BCUT2D eigenvalue weighted by Crippen LogP contribution is 2.32. The largest absolute Gasteiger partial charge is 0.486 e. The van der Waals surface area contributed by atoms with Crippen LogP contribution in [0.15, 0.2) is 17.2 Å². The fraction of sp³-hybridized carbons (Fsp3) is 0.562. The predicted molar refractivity (Wildman–Crippen MR) is 88.2 cm³/mol. The third-order valence-corrected chi connectivity index (χ3v) is 2.96. The first kappa shape index (κ1) is 20.5. The van der Waals surface area contributed by atoms with Gasteiger partial charge in [0.1, 0.15) is 17.5 Å². The zero-order chi connectivity index (χ0) is 19.2. The van der Waals surface area contributed by atoms with Gasteiger partial charge in [0, 0.05) is 16.5 Å². The molecule has 0 saturated carbocycles. The average molecular weight is 356 g/mol. The lowest BCUT2D eigenvalue weighted by molar-refractivity contribution is 0.0504. The maximum absolute atomic E-state index is 14.1. The van der Waals surface area contributed by atoms with Gasteiger partial charge in [-0.3, -0.25) is 0 Å². The fourth-order valence-electron chi connectivity index (χ4n) is 1.94. The molecule has 2 atom stereocenters. The van der Waals surface area contributed by atoms with Crippen LogP contribution in [0.5, 0.6) is 5.75 Å². The van der Waals surface area contributed by atoms with E-state index in [1.54, 1.807) is 27.7 Å². The molecule has 1 N–H and O–H groups in total. The van der Waals surface area contributed by atoms with E-state index >= 15 is 0 Å². The van der Waals surface area contributed by atoms with E-state index in [1.807, 2.05) is 0 Å². The van der Waals surface area contributed by atoms with Crippen molar-refractivity contribution >= 4 is 6.09 Å². The van der Waals surface area contributed by atoms with E-state index in [0.29, 0.717) is 6.07 Å². The molecule has 0 bridgehead atoms. The summed E-state index contributed by atoms with van der Waals surface area (Å²) >= 11 is 0. The van der Waals surface area contributed by atoms with E-state index in [2.05, 4.69) is 15.3 Å². The van der Waals surface area contributed by atoms with Crippen molar-refractivity contribution in [2.45, 2.75) is 52.4 Å². The molecule has 0 aliphatic heterocycles. The van der Waals surface area contributed by atoms with Gasteiger partial charge in [-0.2, -0.15) is 0 Å². The molecule has 0 aromatic heterocycles. The topological polar surface area (TPSA) is 96.3 Å². The first-order chi connectivity index (χ1) is 11.5. The molecular formula is C16H22F2N4O3. The lowest BCUT2D eigenvalue weighted by Gasteiger charge is -2.22. The molecule has 0 radical (unpaired) electrons. The monoisotopic (exact) mass is 356 g/mol. The van der Waals surface area contributed by atoms with E-state index < -0.39 is 35.5 Å². The number of amides is 1. The number of halogens is 2. The summed E-state index contributed by atoms with van der Waals surface area (Å²) < 4.78 is 38.1. The van der Waals surface area contributed by atoms with Gasteiger partial charge in [-0.25, -0.2) is 13.6 Å². The number of hydrogen-bond acceptors (Lipinski definition) is 4. The quantitative estimate of drug-likeness (QED) is 0.457. The predicted octanol–water partition coefficient (Wildman–Crippen LogP) is 4.63. The minimum absolute atomic E-state index is 0.0427. The SMILES string of the molecule is C[C@@H](CNC(=O)OC(C)(C)C)Oc1c(F)cc(F)cc1[C@@H](C)N=[N+]=[N-]. The molecular weight excluding hydrogens is 334 g/mol. The molecule has 9 heteroatoms. The highest BCUT2D eigenvalue weighted by atomic mass is 19.1. The zero-order valence-corrected chi connectivity index (χ0v) is 14.8. The summed E-state index contributed by atoms with van der Waals surface area (Å²) in [7, 11) is 0. The molecule has 0 aliphatic rings. The molecule has 1 aromatic rings. The van der Waals surface area contributed by atoms with E-state index in [0.717, 1.165) is 6.07 Å². The maximum atomic E-state index is 14.1. The van der Waals surface area contributed by atoms with Crippen molar-refractivity contribution in [1.82, 2.24) is 5.32 Å². The van der Waals surface area contributed by atoms with Gasteiger partial charge in [0.05, 0.1) is 12.6 Å². The van der Waals surface area contributed by atoms with Crippen molar-refractivity contribution in [3.63, 3.8) is 0 Å². The summed E-state index contributed by atoms with van der Waals surface area (Å²) in [5.74, 6) is -1.95. The van der Waals surface area contributed by atoms with Gasteiger partial charge < -0.3 is 14.8 Å². The van der Waals surface area contributed by atoms with Gasteiger partial charge >= 0.3 is 6.09 Å². The van der Waals surface area contributed by atoms with Crippen molar-refractivity contribution in [2.24, 2.45) is 5.11 Å². The molecule has 0 heterocycles. The smallest absolute Gasteiger partial charge is 0.407 e. The van der Waals surface area contributed by atoms with Crippen molar-refractivity contribution in [1.29, 1.82) is 0 Å². The van der Waals surface area contributed by atoms with E-state index in [-0.39, 0.29) is 17.9 Å². The normalized spacial score (nSPS) is 13.4. The molecule has 0 fully saturated rings. The van der Waals surface area contributed by atoms with E-state index in [9.17, 15) is 13.6 Å². The van der Waals surface area contributed by atoms with Crippen LogP contribution in [0, 0.1) is 11.6 Å². The van der Waals surface area contributed by atoms with Gasteiger partial charge in [0.15, 0.2) is 11.6 Å². The summed E-state index contributed by atoms with van der Waals surface area (Å²) in [6.45, 7) is 8.31. The van der Waals surface area contributed by atoms with E-state index in [1.165, 1.54) is 6.92 Å². The van der Waals surface area contributed by atoms with Crippen molar-refractivity contribution in [2.75, 3.05) is 6.54 Å². The van der Waals surface area contributed by atoms with Crippen LogP contribution < -0.4 is 10.1 Å². The maximum Gasteiger partial charge on any atom is 0.407 e. The summed E-state index contributed by atoms with van der Waals surface area (Å²) in [6.07, 6.45) is -1.27. The lowest BCUT2D eigenvalue weighted by atomic mass is 10.1. The first-order valence-corrected chi connectivity index (χ1v) is 7.70. The molecule has 7 nitrogen and oxygen atoms in total. The third kappa shape index (κ3) is 6.84. The average Bonchev–Trinajstić information content (AvgIpc) is 2.46. The summed E-state index contributed by atoms with van der Waals surface area (Å²) in [4.78, 5) is 14.3. The van der Waals surface area contributed by atoms with Crippen molar-refractivity contribution in [3.8, 4) is 5.75 Å². The second kappa shape index (κ2) is 8.53. The number of nitrogens with zero attached hydrogens (tertiary/aromatic N) is 3. The Kier molecular flexibility index (Phi) is 6.99. The number of carbonyl (C=O) groups excluding carboxylic acids is 1. The van der Waals surface area contributed by atoms with Crippen molar-refractivity contribution < 1.29 is 23.0 Å². The van der Waals surface area contributed by atoms with Gasteiger partial charge in [-0.1, -0.05) is 12.0 Å². The fourth-order valence-corrected chi connectivity index (χ4v) is 1.94. The number of azide groups is 1. The first-order valence-electron chi connectivity index (χ1n) is 7.70. The summed E-state index contributed by atoms with van der Waals surface area (Å²) in [5, 5.41) is 5.94. The Hall–Kier alpha value is -2.54. The minimum atomic E-state index is -0.917. The van der Waals surface area contributed by atoms with Crippen LogP contribution >= 0.6 is 0 Å². The summed E-state index contributed by atoms with van der Waals surface area (Å²) in [6, 6.07) is 0.901. The van der Waals surface area contributed by atoms with Crippen LogP contribution in [0.25, 0.3) is 10.4 Å². The van der Waals surface area contributed by atoms with Crippen LogP contribution in [0.3, 0.4) is 0 Å². The molecule has 0 unspecified atom stereocenters. The zero-order valence-electron chi connectivity index (χ0n) is 14.8. The van der Waals surface area contributed by atoms with Crippen LogP contribution in [-0.2, 0) is 4.74 Å². The Morgan fingerprint density at radius 3 is 2.56 bits per heavy atom. The highest BCUT2D eigenvalue weighted by Gasteiger charge is 2.21. The number of ether oxygens (including phenoxy) is 2. The Morgan fingerprint density at radius 1 is 1.36 bits per heavy atom. The molecule has 1 aromatic carbocycles. The molecule has 0 aliphatic carbocycles. The number of alkyl carbamates (subject to hydrolysis) is 1.